The van der Waals surface area contributed by atoms with Crippen LogP contribution in [0.4, 0.5) is 0 Å². The molecule has 0 fully saturated rings. The average Bonchev–Trinajstić information content (AvgIpc) is 2.80. The number of benzene rings is 1. The van der Waals surface area contributed by atoms with Gasteiger partial charge < -0.3 is 15.5 Å². The van der Waals surface area contributed by atoms with E-state index in [1.165, 1.54) is 0 Å². The van der Waals surface area contributed by atoms with Gasteiger partial charge in [0.1, 0.15) is 0 Å². The fourth-order valence-corrected chi connectivity index (χ4v) is 2.40. The highest BCUT2D eigenvalue weighted by Gasteiger charge is 2.08. The molecule has 0 atom stereocenters. The zero-order valence-corrected chi connectivity index (χ0v) is 11.7. The Hall–Kier alpha value is -1.46. The predicted octanol–water partition coefficient (Wildman–Crippen LogP) is 3.05. The van der Waals surface area contributed by atoms with Crippen LogP contribution in [0.25, 0.3) is 0 Å². The molecule has 2 rings (SSSR count). The second kappa shape index (κ2) is 5.46. The molecule has 0 unspecified atom stereocenters. The predicted molar refractivity (Wildman–Crippen MR) is 75.2 cm³/mol. The second-order valence-corrected chi connectivity index (χ2v) is 5.07. The minimum Gasteiger partial charge on any atom is -0.409 e. The fraction of sp³-hybridized carbons (Fsp3) is 0.0833. The van der Waals surface area contributed by atoms with Crippen molar-refractivity contribution < 1.29 is 5.21 Å². The lowest BCUT2D eigenvalue weighted by Gasteiger charge is -2.10. The van der Waals surface area contributed by atoms with Crippen LogP contribution in [-0.2, 0) is 6.54 Å². The maximum atomic E-state index is 8.71. The third-order valence-corrected chi connectivity index (χ3v) is 3.40. The monoisotopic (exact) mass is 327 g/mol. The van der Waals surface area contributed by atoms with Crippen molar-refractivity contribution in [3.8, 4) is 0 Å². The van der Waals surface area contributed by atoms with E-state index in [0.717, 1.165) is 10.0 Å². The SMILES string of the molecule is N/C(=N/O)c1cccn1Cc1ccc(Br)cc1Cl. The van der Waals surface area contributed by atoms with Crippen molar-refractivity contribution in [3.63, 3.8) is 0 Å². The van der Waals surface area contributed by atoms with Gasteiger partial charge in [-0.2, -0.15) is 0 Å². The third kappa shape index (κ3) is 2.68. The Labute approximate surface area is 118 Å². The van der Waals surface area contributed by atoms with Crippen LogP contribution in [0.2, 0.25) is 5.02 Å². The van der Waals surface area contributed by atoms with Gasteiger partial charge in [0.25, 0.3) is 0 Å². The number of oxime groups is 1. The highest BCUT2D eigenvalue weighted by atomic mass is 79.9. The molecule has 0 aliphatic heterocycles. The van der Waals surface area contributed by atoms with E-state index in [9.17, 15) is 0 Å². The molecule has 94 valence electrons. The molecule has 1 aromatic heterocycles. The van der Waals surface area contributed by atoms with E-state index in [1.54, 1.807) is 6.07 Å². The summed E-state index contributed by atoms with van der Waals surface area (Å²) >= 11 is 9.52. The summed E-state index contributed by atoms with van der Waals surface area (Å²) in [4.78, 5) is 0. The number of nitrogens with two attached hydrogens (primary N) is 1. The smallest absolute Gasteiger partial charge is 0.186 e. The van der Waals surface area contributed by atoms with Crippen LogP contribution >= 0.6 is 27.5 Å². The molecule has 0 saturated carbocycles. The standard InChI is InChI=1S/C12H11BrClN3O/c13-9-4-3-8(10(14)6-9)7-17-5-1-2-11(17)12(15)16-18/h1-6,18H,7H2,(H2,15,16). The van der Waals surface area contributed by atoms with Crippen LogP contribution in [0.15, 0.2) is 46.2 Å². The number of aromatic nitrogens is 1. The first-order valence-corrected chi connectivity index (χ1v) is 6.36. The lowest BCUT2D eigenvalue weighted by molar-refractivity contribution is 0.318. The van der Waals surface area contributed by atoms with Crippen molar-refractivity contribution in [1.82, 2.24) is 4.57 Å². The first-order valence-electron chi connectivity index (χ1n) is 5.19. The summed E-state index contributed by atoms with van der Waals surface area (Å²) in [6.45, 7) is 0.560. The van der Waals surface area contributed by atoms with E-state index < -0.39 is 0 Å². The van der Waals surface area contributed by atoms with E-state index in [-0.39, 0.29) is 5.84 Å². The van der Waals surface area contributed by atoms with Crippen LogP contribution in [0.5, 0.6) is 0 Å². The molecule has 0 aliphatic rings. The van der Waals surface area contributed by atoms with Crippen molar-refractivity contribution in [2.24, 2.45) is 10.9 Å². The van der Waals surface area contributed by atoms with Gasteiger partial charge in [-0.1, -0.05) is 38.8 Å². The molecule has 0 radical (unpaired) electrons. The van der Waals surface area contributed by atoms with Crippen molar-refractivity contribution >= 4 is 33.4 Å². The molecule has 1 heterocycles. The van der Waals surface area contributed by atoms with Crippen LogP contribution < -0.4 is 5.73 Å². The fourth-order valence-electron chi connectivity index (χ4n) is 1.67. The molecule has 0 spiro atoms. The van der Waals surface area contributed by atoms with Gasteiger partial charge in [-0.25, -0.2) is 0 Å². The Morgan fingerprint density at radius 1 is 1.44 bits per heavy atom. The van der Waals surface area contributed by atoms with Crippen LogP contribution in [-0.4, -0.2) is 15.6 Å². The van der Waals surface area contributed by atoms with Gasteiger partial charge in [0.15, 0.2) is 5.84 Å². The van der Waals surface area contributed by atoms with Crippen LogP contribution in [0, 0.1) is 0 Å². The number of halogens is 2. The zero-order chi connectivity index (χ0) is 13.1. The van der Waals surface area contributed by atoms with Gasteiger partial charge in [0.05, 0.1) is 5.69 Å². The normalized spacial score (nSPS) is 11.8. The first kappa shape index (κ1) is 13.0. The van der Waals surface area contributed by atoms with Gasteiger partial charge in [-0.05, 0) is 29.8 Å². The van der Waals surface area contributed by atoms with Gasteiger partial charge in [0.2, 0.25) is 0 Å². The van der Waals surface area contributed by atoms with Crippen molar-refractivity contribution in [2.75, 3.05) is 0 Å². The summed E-state index contributed by atoms with van der Waals surface area (Å²) in [7, 11) is 0. The maximum Gasteiger partial charge on any atom is 0.186 e. The Kier molecular flexibility index (Phi) is 3.93. The summed E-state index contributed by atoms with van der Waals surface area (Å²) < 4.78 is 2.80. The third-order valence-electron chi connectivity index (χ3n) is 2.56. The minimum atomic E-state index is 0.0771. The maximum absolute atomic E-state index is 8.71. The van der Waals surface area contributed by atoms with E-state index in [0.29, 0.717) is 17.3 Å². The molecule has 1 aromatic carbocycles. The van der Waals surface area contributed by atoms with E-state index in [4.69, 9.17) is 22.5 Å². The van der Waals surface area contributed by atoms with E-state index in [1.807, 2.05) is 35.0 Å². The minimum absolute atomic E-state index is 0.0771. The van der Waals surface area contributed by atoms with Gasteiger partial charge >= 0.3 is 0 Å². The van der Waals surface area contributed by atoms with Crippen LogP contribution in [0.3, 0.4) is 0 Å². The number of hydrogen-bond donors (Lipinski definition) is 2. The summed E-state index contributed by atoms with van der Waals surface area (Å²) in [5, 5.41) is 12.4. The molecule has 0 aliphatic carbocycles. The molecular formula is C12H11BrClN3O. The average molecular weight is 329 g/mol. The van der Waals surface area contributed by atoms with Gasteiger partial charge in [-0.15, -0.1) is 0 Å². The van der Waals surface area contributed by atoms with Crippen molar-refractivity contribution in [2.45, 2.75) is 6.54 Å². The summed E-state index contributed by atoms with van der Waals surface area (Å²) in [6.07, 6.45) is 1.85. The van der Waals surface area contributed by atoms with Crippen molar-refractivity contribution in [3.05, 3.63) is 57.3 Å². The molecule has 0 saturated heterocycles. The van der Waals surface area contributed by atoms with E-state index in [2.05, 4.69) is 21.1 Å². The lowest BCUT2D eigenvalue weighted by atomic mass is 10.2. The Morgan fingerprint density at radius 2 is 2.22 bits per heavy atom. The number of nitrogens with zero attached hydrogens (tertiary/aromatic N) is 2. The molecule has 6 heteroatoms. The Balaban J connectivity index is 2.32. The summed E-state index contributed by atoms with van der Waals surface area (Å²) in [5.41, 5.74) is 7.20. The Morgan fingerprint density at radius 3 is 2.89 bits per heavy atom. The van der Waals surface area contributed by atoms with Gasteiger partial charge in [0, 0.05) is 22.2 Å². The molecule has 18 heavy (non-hydrogen) atoms. The zero-order valence-electron chi connectivity index (χ0n) is 9.35. The molecule has 0 bridgehead atoms. The molecule has 2 aromatic rings. The van der Waals surface area contributed by atoms with Gasteiger partial charge in [-0.3, -0.25) is 0 Å². The van der Waals surface area contributed by atoms with E-state index >= 15 is 0 Å². The largest absolute Gasteiger partial charge is 0.409 e. The Bertz CT molecular complexity index is 595. The number of hydrogen-bond acceptors (Lipinski definition) is 2. The highest BCUT2D eigenvalue weighted by Crippen LogP contribution is 2.22. The van der Waals surface area contributed by atoms with Crippen molar-refractivity contribution in [1.29, 1.82) is 0 Å². The molecular weight excluding hydrogens is 318 g/mol. The summed E-state index contributed by atoms with van der Waals surface area (Å²) in [6, 6.07) is 9.31. The molecule has 4 nitrogen and oxygen atoms in total. The topological polar surface area (TPSA) is 63.5 Å². The lowest BCUT2D eigenvalue weighted by Crippen LogP contribution is -2.18. The highest BCUT2D eigenvalue weighted by molar-refractivity contribution is 9.10. The summed E-state index contributed by atoms with van der Waals surface area (Å²) in [5.74, 6) is 0.0771. The molecule has 0 amide bonds. The molecule has 3 N–H and O–H groups in total. The van der Waals surface area contributed by atoms with Crippen LogP contribution in [0.1, 0.15) is 11.3 Å². The second-order valence-electron chi connectivity index (χ2n) is 3.74. The number of amidine groups is 1. The number of rotatable bonds is 3. The first-order chi connectivity index (χ1) is 8.61. The quantitative estimate of drug-likeness (QED) is 0.394.